The molecule has 0 aromatic carbocycles. The minimum absolute atomic E-state index is 0.338. The number of ether oxygens (including phenoxy) is 1. The van der Waals surface area contributed by atoms with Crippen LogP contribution in [0.25, 0.3) is 0 Å². The highest BCUT2D eigenvalue weighted by Gasteiger charge is 2.48. The first-order valence-electron chi connectivity index (χ1n) is 7.91. The number of hydrogen-bond acceptors (Lipinski definition) is 3. The molecule has 0 aromatic rings. The Morgan fingerprint density at radius 1 is 1.43 bits per heavy atom. The average molecular weight is 323 g/mol. The van der Waals surface area contributed by atoms with Crippen molar-refractivity contribution in [3.63, 3.8) is 0 Å². The van der Waals surface area contributed by atoms with E-state index in [2.05, 4.69) is 50.0 Å². The largest absolute Gasteiger partial charge is 0.504 e. The Hall–Kier alpha value is -0.280. The van der Waals surface area contributed by atoms with Gasteiger partial charge in [-0.3, -0.25) is 0 Å². The van der Waals surface area contributed by atoms with Crippen molar-refractivity contribution >= 4 is 23.5 Å². The Kier molecular flexibility index (Phi) is 4.52. The summed E-state index contributed by atoms with van der Waals surface area (Å²) in [6.45, 7) is 8.82. The van der Waals surface area contributed by atoms with Crippen LogP contribution in [0.2, 0.25) is 0 Å². The van der Waals surface area contributed by atoms with Crippen molar-refractivity contribution in [1.29, 1.82) is 0 Å². The van der Waals surface area contributed by atoms with Crippen molar-refractivity contribution in [2.24, 2.45) is 17.8 Å². The van der Waals surface area contributed by atoms with E-state index in [9.17, 15) is 0 Å². The summed E-state index contributed by atoms with van der Waals surface area (Å²) < 4.78 is 5.72. The number of fused-ring (bicyclic) bond motifs is 1. The fourth-order valence-corrected chi connectivity index (χ4v) is 7.61. The molecule has 1 aliphatic heterocycles. The Morgan fingerprint density at radius 3 is 2.76 bits per heavy atom. The van der Waals surface area contributed by atoms with E-state index in [-0.39, 0.29) is 0 Å². The monoisotopic (exact) mass is 322 g/mol. The summed E-state index contributed by atoms with van der Waals surface area (Å²) in [7, 11) is 1.78. The van der Waals surface area contributed by atoms with Crippen molar-refractivity contribution in [1.82, 2.24) is 0 Å². The van der Waals surface area contributed by atoms with Gasteiger partial charge in [0.2, 0.25) is 0 Å². The van der Waals surface area contributed by atoms with Crippen LogP contribution >= 0.6 is 23.5 Å². The maximum Gasteiger partial charge on any atom is 0.0824 e. The van der Waals surface area contributed by atoms with Crippen LogP contribution in [0.3, 0.4) is 0 Å². The standard InChI is InChI=1S/C18H26OS2/c1-12(2)15-6-5-14(11-19-4)17-10-18(20-7-8-21-18)13(3)9-16(15)17/h9,11,15-17H,1,5-8,10H2,2-4H3/b14-11+/t15-,16-,17-/m0/s1. The summed E-state index contributed by atoms with van der Waals surface area (Å²) in [6.07, 6.45) is 8.28. The molecule has 2 fully saturated rings. The van der Waals surface area contributed by atoms with E-state index < -0.39 is 0 Å². The summed E-state index contributed by atoms with van der Waals surface area (Å²) in [5, 5.41) is 0. The molecular formula is C18H26OS2. The molecule has 1 saturated heterocycles. The van der Waals surface area contributed by atoms with Crippen molar-refractivity contribution in [3.05, 3.63) is 35.6 Å². The zero-order chi connectivity index (χ0) is 15.0. The van der Waals surface area contributed by atoms with E-state index in [1.807, 2.05) is 6.26 Å². The summed E-state index contributed by atoms with van der Waals surface area (Å²) in [4.78, 5) is 0. The van der Waals surface area contributed by atoms with Gasteiger partial charge in [0.25, 0.3) is 0 Å². The molecule has 0 bridgehead atoms. The van der Waals surface area contributed by atoms with E-state index in [1.54, 1.807) is 12.7 Å². The molecule has 0 amide bonds. The summed E-state index contributed by atoms with van der Waals surface area (Å²) in [5.41, 5.74) is 4.48. The third kappa shape index (κ3) is 2.72. The van der Waals surface area contributed by atoms with Gasteiger partial charge in [-0.05, 0) is 56.4 Å². The second-order valence-corrected chi connectivity index (χ2v) is 9.65. The first kappa shape index (κ1) is 15.6. The van der Waals surface area contributed by atoms with Gasteiger partial charge in [0.05, 0.1) is 17.5 Å². The molecule has 3 rings (SSSR count). The zero-order valence-corrected chi connectivity index (χ0v) is 15.0. The Morgan fingerprint density at radius 2 is 2.14 bits per heavy atom. The van der Waals surface area contributed by atoms with Crippen LogP contribution in [-0.2, 0) is 4.74 Å². The van der Waals surface area contributed by atoms with Gasteiger partial charge in [0.15, 0.2) is 0 Å². The van der Waals surface area contributed by atoms with Crippen LogP contribution in [0.1, 0.15) is 33.1 Å². The summed E-state index contributed by atoms with van der Waals surface area (Å²) in [6, 6.07) is 0. The van der Waals surface area contributed by atoms with E-state index in [0.717, 1.165) is 0 Å². The first-order valence-corrected chi connectivity index (χ1v) is 9.88. The summed E-state index contributed by atoms with van der Waals surface area (Å²) in [5.74, 6) is 4.50. The predicted octanol–water partition coefficient (Wildman–Crippen LogP) is 5.26. The van der Waals surface area contributed by atoms with Crippen molar-refractivity contribution in [2.75, 3.05) is 18.6 Å². The Bertz CT molecular complexity index is 485. The van der Waals surface area contributed by atoms with Crippen LogP contribution in [0.4, 0.5) is 0 Å². The van der Waals surface area contributed by atoms with Crippen LogP contribution in [0.5, 0.6) is 0 Å². The lowest BCUT2D eigenvalue weighted by atomic mass is 9.63. The normalized spacial score (nSPS) is 36.4. The van der Waals surface area contributed by atoms with Crippen molar-refractivity contribution in [3.8, 4) is 0 Å². The molecule has 3 atom stereocenters. The lowest BCUT2D eigenvalue weighted by Gasteiger charge is -2.47. The highest BCUT2D eigenvalue weighted by molar-refractivity contribution is 8.21. The average Bonchev–Trinajstić information content (AvgIpc) is 2.90. The van der Waals surface area contributed by atoms with Crippen molar-refractivity contribution < 1.29 is 4.74 Å². The topological polar surface area (TPSA) is 9.23 Å². The van der Waals surface area contributed by atoms with E-state index in [1.165, 1.54) is 41.9 Å². The molecule has 1 heterocycles. The molecule has 0 radical (unpaired) electrons. The SMILES string of the molecule is C=C(C)[C@@H]1CC/C(=C\OC)[C@@H]2CC3(SCCS3)C(C)=C[C@@H]12. The van der Waals surface area contributed by atoms with E-state index >= 15 is 0 Å². The van der Waals surface area contributed by atoms with Gasteiger partial charge in [-0.1, -0.05) is 23.8 Å². The van der Waals surface area contributed by atoms with Crippen molar-refractivity contribution in [2.45, 2.75) is 37.2 Å². The van der Waals surface area contributed by atoms with Crippen LogP contribution in [0, 0.1) is 17.8 Å². The third-order valence-corrected chi connectivity index (χ3v) is 9.03. The van der Waals surface area contributed by atoms with Gasteiger partial charge in [0.1, 0.15) is 0 Å². The number of methoxy groups -OCH3 is 1. The van der Waals surface area contributed by atoms with Gasteiger partial charge >= 0.3 is 0 Å². The molecule has 116 valence electrons. The fraction of sp³-hybridized carbons (Fsp3) is 0.667. The highest BCUT2D eigenvalue weighted by atomic mass is 32.2. The van der Waals surface area contributed by atoms with Gasteiger partial charge in [-0.15, -0.1) is 23.5 Å². The van der Waals surface area contributed by atoms with Crippen LogP contribution in [0.15, 0.2) is 35.6 Å². The second kappa shape index (κ2) is 6.08. The summed E-state index contributed by atoms with van der Waals surface area (Å²) >= 11 is 4.33. The smallest absolute Gasteiger partial charge is 0.0824 e. The van der Waals surface area contributed by atoms with E-state index in [0.29, 0.717) is 21.8 Å². The molecule has 3 aliphatic rings. The molecule has 0 N–H and O–H groups in total. The molecule has 1 saturated carbocycles. The predicted molar refractivity (Wildman–Crippen MR) is 95.6 cm³/mol. The molecule has 2 aliphatic carbocycles. The number of thioether (sulfide) groups is 2. The minimum Gasteiger partial charge on any atom is -0.504 e. The third-order valence-electron chi connectivity index (χ3n) is 5.34. The molecule has 0 unspecified atom stereocenters. The Labute approximate surface area is 137 Å². The molecule has 1 spiro atoms. The lowest BCUT2D eigenvalue weighted by Crippen LogP contribution is -2.39. The van der Waals surface area contributed by atoms with Gasteiger partial charge in [-0.2, -0.15) is 0 Å². The van der Waals surface area contributed by atoms with E-state index in [4.69, 9.17) is 4.74 Å². The second-order valence-electron chi connectivity index (χ2n) is 6.61. The van der Waals surface area contributed by atoms with Crippen LogP contribution < -0.4 is 0 Å². The van der Waals surface area contributed by atoms with Gasteiger partial charge < -0.3 is 4.74 Å². The number of allylic oxidation sites excluding steroid dienone is 3. The molecule has 3 heteroatoms. The van der Waals surface area contributed by atoms with Gasteiger partial charge in [0, 0.05) is 11.5 Å². The number of rotatable bonds is 2. The first-order chi connectivity index (χ1) is 10.1. The molecule has 0 aromatic heterocycles. The highest BCUT2D eigenvalue weighted by Crippen LogP contribution is 2.60. The maximum atomic E-state index is 5.39. The molecular weight excluding hydrogens is 296 g/mol. The molecule has 1 nitrogen and oxygen atoms in total. The Balaban J connectivity index is 1.98. The zero-order valence-electron chi connectivity index (χ0n) is 13.4. The van der Waals surface area contributed by atoms with Gasteiger partial charge in [-0.25, -0.2) is 0 Å². The minimum atomic E-state index is 0.338. The lowest BCUT2D eigenvalue weighted by molar-refractivity contribution is 0.239. The van der Waals surface area contributed by atoms with Crippen LogP contribution in [-0.4, -0.2) is 22.7 Å². The number of hydrogen-bond donors (Lipinski definition) is 0. The maximum absolute atomic E-state index is 5.39. The fourth-order valence-electron chi connectivity index (χ4n) is 4.27. The molecule has 21 heavy (non-hydrogen) atoms. The quantitative estimate of drug-likeness (QED) is 0.507.